The summed E-state index contributed by atoms with van der Waals surface area (Å²) < 4.78 is 16.6. The molecule has 2 aromatic heterocycles. The second kappa shape index (κ2) is 8.17. The molecular formula is C18H19FN6OS. The number of benzene rings is 1. The minimum absolute atomic E-state index is 0.170. The van der Waals surface area contributed by atoms with E-state index in [-0.39, 0.29) is 17.5 Å². The van der Waals surface area contributed by atoms with E-state index in [4.69, 9.17) is 0 Å². The van der Waals surface area contributed by atoms with Gasteiger partial charge in [-0.05, 0) is 38.1 Å². The van der Waals surface area contributed by atoms with Gasteiger partial charge in [-0.1, -0.05) is 17.8 Å². The number of carbonyl (C=O) groups excluding carboxylic acids is 1. The Morgan fingerprint density at radius 2 is 2.04 bits per heavy atom. The summed E-state index contributed by atoms with van der Waals surface area (Å²) in [6, 6.07) is 7.67. The van der Waals surface area contributed by atoms with Crippen LogP contribution in [0, 0.1) is 19.7 Å². The molecule has 0 atom stereocenters. The maximum absolute atomic E-state index is 13.1. The van der Waals surface area contributed by atoms with Gasteiger partial charge in [0.1, 0.15) is 17.5 Å². The third kappa shape index (κ3) is 4.43. The van der Waals surface area contributed by atoms with E-state index in [0.717, 1.165) is 11.5 Å². The predicted molar refractivity (Wildman–Crippen MR) is 103 cm³/mol. The second-order valence-corrected chi connectivity index (χ2v) is 6.77. The molecule has 0 spiro atoms. The van der Waals surface area contributed by atoms with E-state index in [2.05, 4.69) is 27.2 Å². The molecule has 140 valence electrons. The van der Waals surface area contributed by atoms with Crippen LogP contribution in [-0.4, -0.2) is 36.2 Å². The summed E-state index contributed by atoms with van der Waals surface area (Å²) in [5.74, 6) is 0.928. The lowest BCUT2D eigenvalue weighted by Gasteiger charge is -2.09. The van der Waals surface area contributed by atoms with Crippen molar-refractivity contribution in [1.82, 2.24) is 24.5 Å². The molecule has 9 heteroatoms. The molecule has 1 amide bonds. The number of anilines is 1. The molecule has 0 saturated carbocycles. The lowest BCUT2D eigenvalue weighted by Crippen LogP contribution is -2.17. The molecule has 0 saturated heterocycles. The average Bonchev–Trinajstić information content (AvgIpc) is 3.17. The fraction of sp³-hybridized carbons (Fsp3) is 0.222. The van der Waals surface area contributed by atoms with Crippen LogP contribution in [0.2, 0.25) is 0 Å². The molecule has 1 aromatic carbocycles. The molecule has 0 bridgehead atoms. The Hall–Kier alpha value is -2.94. The molecule has 1 N–H and O–H groups in total. The van der Waals surface area contributed by atoms with Crippen molar-refractivity contribution in [3.63, 3.8) is 0 Å². The molecule has 3 rings (SSSR count). The Labute approximate surface area is 160 Å². The third-order valence-electron chi connectivity index (χ3n) is 3.72. The first-order chi connectivity index (χ1) is 13.0. The van der Waals surface area contributed by atoms with Crippen molar-refractivity contribution in [2.45, 2.75) is 25.5 Å². The number of carbonyl (C=O) groups is 1. The number of hydrogen-bond acceptors (Lipinski definition) is 5. The number of aromatic nitrogens is 5. The maximum Gasteiger partial charge on any atom is 0.236 e. The molecule has 0 fully saturated rings. The topological polar surface area (TPSA) is 77.6 Å². The summed E-state index contributed by atoms with van der Waals surface area (Å²) in [5.41, 5.74) is 1.40. The van der Waals surface area contributed by atoms with Gasteiger partial charge in [0.2, 0.25) is 5.91 Å². The van der Waals surface area contributed by atoms with Gasteiger partial charge in [-0.3, -0.25) is 4.79 Å². The average molecular weight is 386 g/mol. The monoisotopic (exact) mass is 386 g/mol. The second-order valence-electron chi connectivity index (χ2n) is 5.83. The van der Waals surface area contributed by atoms with Gasteiger partial charge in [0.15, 0.2) is 5.16 Å². The molecule has 0 aliphatic carbocycles. The van der Waals surface area contributed by atoms with E-state index in [9.17, 15) is 9.18 Å². The molecule has 0 radical (unpaired) electrons. The Morgan fingerprint density at radius 3 is 2.74 bits per heavy atom. The van der Waals surface area contributed by atoms with Crippen molar-refractivity contribution < 1.29 is 9.18 Å². The minimum atomic E-state index is -0.330. The first-order valence-corrected chi connectivity index (χ1v) is 9.22. The SMILES string of the molecule is C=CCn1c(C)nnc1SCC(=O)Nc1cc(C)nn1-c1ccc(F)cc1. The van der Waals surface area contributed by atoms with Crippen LogP contribution in [0.4, 0.5) is 10.2 Å². The van der Waals surface area contributed by atoms with E-state index in [1.165, 1.54) is 23.9 Å². The fourth-order valence-electron chi connectivity index (χ4n) is 2.48. The fourth-order valence-corrected chi connectivity index (χ4v) is 3.28. The summed E-state index contributed by atoms with van der Waals surface area (Å²) in [6.45, 7) is 7.98. The number of amides is 1. The summed E-state index contributed by atoms with van der Waals surface area (Å²) in [7, 11) is 0. The van der Waals surface area contributed by atoms with E-state index >= 15 is 0 Å². The van der Waals surface area contributed by atoms with Crippen LogP contribution in [0.15, 0.2) is 48.1 Å². The van der Waals surface area contributed by atoms with Crippen LogP contribution in [-0.2, 0) is 11.3 Å². The molecule has 3 aromatic rings. The molecule has 0 unspecified atom stereocenters. The maximum atomic E-state index is 13.1. The minimum Gasteiger partial charge on any atom is -0.310 e. The van der Waals surface area contributed by atoms with Gasteiger partial charge in [0.25, 0.3) is 0 Å². The molecular weight excluding hydrogens is 367 g/mol. The largest absolute Gasteiger partial charge is 0.310 e. The highest BCUT2D eigenvalue weighted by Crippen LogP contribution is 2.20. The van der Waals surface area contributed by atoms with Crippen LogP contribution < -0.4 is 5.32 Å². The number of allylic oxidation sites excluding steroid dienone is 1. The lowest BCUT2D eigenvalue weighted by molar-refractivity contribution is -0.113. The lowest BCUT2D eigenvalue weighted by atomic mass is 10.3. The van der Waals surface area contributed by atoms with E-state index < -0.39 is 0 Å². The van der Waals surface area contributed by atoms with Crippen LogP contribution in [0.25, 0.3) is 5.69 Å². The number of halogens is 1. The zero-order valence-corrected chi connectivity index (χ0v) is 15.8. The van der Waals surface area contributed by atoms with Gasteiger partial charge in [-0.25, -0.2) is 9.07 Å². The summed E-state index contributed by atoms with van der Waals surface area (Å²) in [4.78, 5) is 12.4. The zero-order valence-electron chi connectivity index (χ0n) is 15.0. The number of thioether (sulfide) groups is 1. The number of nitrogens with zero attached hydrogens (tertiary/aromatic N) is 5. The van der Waals surface area contributed by atoms with Gasteiger partial charge in [0.05, 0.1) is 17.1 Å². The summed E-state index contributed by atoms with van der Waals surface area (Å²) >= 11 is 1.30. The van der Waals surface area contributed by atoms with Gasteiger partial charge < -0.3 is 9.88 Å². The zero-order chi connectivity index (χ0) is 19.4. The molecule has 0 aliphatic heterocycles. The van der Waals surface area contributed by atoms with Crippen molar-refractivity contribution in [1.29, 1.82) is 0 Å². The molecule has 7 nitrogen and oxygen atoms in total. The van der Waals surface area contributed by atoms with Crippen LogP contribution in [0.1, 0.15) is 11.5 Å². The van der Waals surface area contributed by atoms with Crippen molar-refractivity contribution in [3.05, 3.63) is 60.3 Å². The van der Waals surface area contributed by atoms with Crippen LogP contribution in [0.5, 0.6) is 0 Å². The van der Waals surface area contributed by atoms with Crippen molar-refractivity contribution >= 4 is 23.5 Å². The molecule has 0 aliphatic rings. The van der Waals surface area contributed by atoms with Gasteiger partial charge >= 0.3 is 0 Å². The highest BCUT2D eigenvalue weighted by Gasteiger charge is 2.14. The number of aryl methyl sites for hydroxylation is 2. The van der Waals surface area contributed by atoms with Gasteiger partial charge in [-0.2, -0.15) is 5.10 Å². The normalized spacial score (nSPS) is 10.8. The van der Waals surface area contributed by atoms with Crippen LogP contribution in [0.3, 0.4) is 0 Å². The van der Waals surface area contributed by atoms with Gasteiger partial charge in [-0.15, -0.1) is 16.8 Å². The standard InChI is InChI=1S/C18H19FN6OS/c1-4-9-24-13(3)21-22-18(24)27-11-17(26)20-16-10-12(2)23-25(16)15-7-5-14(19)6-8-15/h4-8,10H,1,9,11H2,2-3H3,(H,20,26). The van der Waals surface area contributed by atoms with E-state index in [1.54, 1.807) is 29.0 Å². The van der Waals surface area contributed by atoms with E-state index in [1.807, 2.05) is 18.4 Å². The molecule has 27 heavy (non-hydrogen) atoms. The first kappa shape index (κ1) is 18.8. The smallest absolute Gasteiger partial charge is 0.236 e. The van der Waals surface area contributed by atoms with Gasteiger partial charge in [0, 0.05) is 12.6 Å². The Bertz CT molecular complexity index is 963. The van der Waals surface area contributed by atoms with Crippen molar-refractivity contribution in [2.24, 2.45) is 0 Å². The Morgan fingerprint density at radius 1 is 1.30 bits per heavy atom. The summed E-state index contributed by atoms with van der Waals surface area (Å²) in [5, 5.41) is 16.0. The number of rotatable bonds is 7. The number of nitrogens with one attached hydrogen (secondary N) is 1. The van der Waals surface area contributed by atoms with Crippen molar-refractivity contribution in [2.75, 3.05) is 11.1 Å². The highest BCUT2D eigenvalue weighted by atomic mass is 32.2. The predicted octanol–water partition coefficient (Wildman–Crippen LogP) is 3.14. The first-order valence-electron chi connectivity index (χ1n) is 8.24. The summed E-state index contributed by atoms with van der Waals surface area (Å²) in [6.07, 6.45) is 1.75. The third-order valence-corrected chi connectivity index (χ3v) is 4.68. The van der Waals surface area contributed by atoms with Crippen LogP contribution >= 0.6 is 11.8 Å². The quantitative estimate of drug-likeness (QED) is 0.499. The molecule has 2 heterocycles. The Balaban J connectivity index is 1.70. The van der Waals surface area contributed by atoms with Crippen molar-refractivity contribution in [3.8, 4) is 5.69 Å². The highest BCUT2D eigenvalue weighted by molar-refractivity contribution is 7.99. The number of hydrogen-bond donors (Lipinski definition) is 1. The Kier molecular flexibility index (Phi) is 5.70. The van der Waals surface area contributed by atoms with E-state index in [0.29, 0.717) is 23.2 Å².